The Balaban J connectivity index is 1.86. The number of ketones is 2. The molecule has 0 amide bonds. The van der Waals surface area contributed by atoms with E-state index >= 15 is 0 Å². The highest BCUT2D eigenvalue weighted by atomic mass is 16.5. The van der Waals surface area contributed by atoms with Gasteiger partial charge in [-0.25, -0.2) is 0 Å². The van der Waals surface area contributed by atoms with Gasteiger partial charge in [0, 0.05) is 37.0 Å². The Hall–Kier alpha value is -2.05. The molecule has 37 heavy (non-hydrogen) atoms. The summed E-state index contributed by atoms with van der Waals surface area (Å²) in [5, 5.41) is 0. The summed E-state index contributed by atoms with van der Waals surface area (Å²) in [6.07, 6.45) is 5.54. The fourth-order valence-corrected chi connectivity index (χ4v) is 10.0. The van der Waals surface area contributed by atoms with E-state index in [1.807, 2.05) is 6.92 Å². The van der Waals surface area contributed by atoms with Crippen molar-refractivity contribution in [2.75, 3.05) is 6.61 Å². The maximum atomic E-state index is 14.2. The van der Waals surface area contributed by atoms with E-state index in [0.717, 1.165) is 38.4 Å². The Kier molecular flexibility index (Phi) is 7.03. The largest absolute Gasteiger partial charge is 0.465 e. The molecule has 0 radical (unpaired) electrons. The number of carbonyl (C=O) groups excluding carboxylic acids is 5. The number of carbonyl (C=O) groups is 5. The SMILES string of the molecule is CC(=O)OC[C@]12CCCC(C)(C)[C@@H]1CC[C@]1(C)[C@@H]2CC(=O)[C@]2(C)[C@@H](C=O)C(C(C)=O)[C@@H](OC(C)=O)C[C@@H]12. The molecule has 0 bridgehead atoms. The van der Waals surface area contributed by atoms with Crippen molar-refractivity contribution in [2.45, 2.75) is 99.5 Å². The fourth-order valence-electron chi connectivity index (χ4n) is 10.0. The summed E-state index contributed by atoms with van der Waals surface area (Å²) >= 11 is 0. The molecule has 0 aromatic carbocycles. The van der Waals surface area contributed by atoms with Crippen molar-refractivity contribution in [3.05, 3.63) is 0 Å². The van der Waals surface area contributed by atoms with Crippen molar-refractivity contribution in [2.24, 2.45) is 51.2 Å². The number of Topliss-reactive ketones (excluding diaryl/α,β-unsaturated/α-hetero) is 2. The number of rotatable bonds is 5. The van der Waals surface area contributed by atoms with Crippen LogP contribution < -0.4 is 0 Å². The molecule has 9 atom stereocenters. The molecule has 1 unspecified atom stereocenters. The van der Waals surface area contributed by atoms with E-state index in [9.17, 15) is 24.0 Å². The van der Waals surface area contributed by atoms with Gasteiger partial charge in [0.2, 0.25) is 0 Å². The van der Waals surface area contributed by atoms with Gasteiger partial charge < -0.3 is 14.3 Å². The van der Waals surface area contributed by atoms with Gasteiger partial charge in [-0.05, 0) is 67.6 Å². The molecular weight excluding hydrogens is 472 g/mol. The van der Waals surface area contributed by atoms with Crippen molar-refractivity contribution >= 4 is 29.8 Å². The number of esters is 2. The van der Waals surface area contributed by atoms with Crippen molar-refractivity contribution < 1.29 is 33.4 Å². The smallest absolute Gasteiger partial charge is 0.302 e. The molecule has 7 heteroatoms. The molecule has 0 aromatic heterocycles. The van der Waals surface area contributed by atoms with Gasteiger partial charge in [-0.2, -0.15) is 0 Å². The lowest BCUT2D eigenvalue weighted by Gasteiger charge is -2.70. The molecule has 0 heterocycles. The molecule has 4 aliphatic carbocycles. The molecule has 206 valence electrons. The summed E-state index contributed by atoms with van der Waals surface area (Å²) < 4.78 is 11.5. The van der Waals surface area contributed by atoms with Gasteiger partial charge in [-0.15, -0.1) is 0 Å². The molecule has 0 N–H and O–H groups in total. The van der Waals surface area contributed by atoms with Crippen LogP contribution in [0.15, 0.2) is 0 Å². The molecule has 0 spiro atoms. The second-order valence-corrected chi connectivity index (χ2v) is 13.6. The monoisotopic (exact) mass is 516 g/mol. The molecule has 0 saturated heterocycles. The molecule has 0 aromatic rings. The van der Waals surface area contributed by atoms with Crippen LogP contribution in [0.5, 0.6) is 0 Å². The Morgan fingerprint density at radius 3 is 2.19 bits per heavy atom. The van der Waals surface area contributed by atoms with Gasteiger partial charge in [0.1, 0.15) is 24.0 Å². The van der Waals surface area contributed by atoms with Crippen LogP contribution >= 0.6 is 0 Å². The zero-order valence-electron chi connectivity index (χ0n) is 23.6. The van der Waals surface area contributed by atoms with Crippen molar-refractivity contribution in [3.63, 3.8) is 0 Å². The lowest BCUT2D eigenvalue weighted by molar-refractivity contribution is -0.234. The summed E-state index contributed by atoms with van der Waals surface area (Å²) in [5.41, 5.74) is -1.63. The van der Waals surface area contributed by atoms with E-state index < -0.39 is 29.3 Å². The molecule has 4 fully saturated rings. The van der Waals surface area contributed by atoms with Gasteiger partial charge >= 0.3 is 11.9 Å². The second kappa shape index (κ2) is 9.30. The molecule has 4 saturated carbocycles. The molecule has 4 rings (SSSR count). The van der Waals surface area contributed by atoms with E-state index in [-0.39, 0.29) is 45.6 Å². The number of ether oxygens (including phenoxy) is 2. The summed E-state index contributed by atoms with van der Waals surface area (Å²) in [4.78, 5) is 63.8. The van der Waals surface area contributed by atoms with E-state index in [0.29, 0.717) is 25.4 Å². The number of aldehydes is 1. The standard InChI is InChI=1S/C30H44O7/c1-17(32)26-20(15-31)29(7)23(13-21(26)37-19(3)34)28(6)12-9-22-27(4,5)10-8-11-30(22,16-36-18(2)33)24(28)14-25(29)35/h15,20-24,26H,8-14,16H2,1-7H3/t20-,21-,22-,23-,24-,26?,28-,29+,30+/m0/s1. The van der Waals surface area contributed by atoms with Gasteiger partial charge in [0.05, 0.1) is 12.5 Å². The first-order valence-electron chi connectivity index (χ1n) is 13.9. The predicted octanol–water partition coefficient (Wildman–Crippen LogP) is 4.73. The van der Waals surface area contributed by atoms with Crippen LogP contribution in [0.3, 0.4) is 0 Å². The minimum atomic E-state index is -1.01. The van der Waals surface area contributed by atoms with Crippen molar-refractivity contribution in [1.82, 2.24) is 0 Å². The third kappa shape index (κ3) is 4.10. The number of hydrogen-bond donors (Lipinski definition) is 0. The Labute approximate surface area is 220 Å². The van der Waals surface area contributed by atoms with Crippen LogP contribution in [0, 0.1) is 51.2 Å². The third-order valence-corrected chi connectivity index (χ3v) is 11.5. The van der Waals surface area contributed by atoms with E-state index in [1.54, 1.807) is 0 Å². The molecular formula is C30H44O7. The van der Waals surface area contributed by atoms with Gasteiger partial charge in [0.15, 0.2) is 0 Å². The van der Waals surface area contributed by atoms with Gasteiger partial charge in [-0.1, -0.05) is 34.1 Å². The Bertz CT molecular complexity index is 1000. The van der Waals surface area contributed by atoms with Crippen LogP contribution in [0.2, 0.25) is 0 Å². The van der Waals surface area contributed by atoms with E-state index in [1.165, 1.54) is 20.8 Å². The van der Waals surface area contributed by atoms with Crippen LogP contribution in [0.1, 0.15) is 93.4 Å². The average molecular weight is 517 g/mol. The van der Waals surface area contributed by atoms with Crippen LogP contribution in [0.4, 0.5) is 0 Å². The van der Waals surface area contributed by atoms with Gasteiger partial charge in [0.25, 0.3) is 0 Å². The summed E-state index contributed by atoms with van der Waals surface area (Å²) in [6, 6.07) is 0. The molecule has 7 nitrogen and oxygen atoms in total. The van der Waals surface area contributed by atoms with Crippen LogP contribution in [0.25, 0.3) is 0 Å². The van der Waals surface area contributed by atoms with Crippen LogP contribution in [-0.2, 0) is 33.4 Å². The molecule has 4 aliphatic rings. The zero-order chi connectivity index (χ0) is 27.6. The highest BCUT2D eigenvalue weighted by molar-refractivity contribution is 5.93. The third-order valence-electron chi connectivity index (χ3n) is 11.5. The fraction of sp³-hybridized carbons (Fsp3) is 0.833. The molecule has 0 aliphatic heterocycles. The maximum Gasteiger partial charge on any atom is 0.302 e. The summed E-state index contributed by atoms with van der Waals surface area (Å²) in [7, 11) is 0. The Morgan fingerprint density at radius 2 is 1.62 bits per heavy atom. The first-order valence-corrected chi connectivity index (χ1v) is 13.9. The van der Waals surface area contributed by atoms with E-state index in [2.05, 4.69) is 20.8 Å². The highest BCUT2D eigenvalue weighted by Crippen LogP contribution is 2.73. The topological polar surface area (TPSA) is 104 Å². The van der Waals surface area contributed by atoms with Gasteiger partial charge in [-0.3, -0.25) is 19.2 Å². The Morgan fingerprint density at radius 1 is 0.946 bits per heavy atom. The van der Waals surface area contributed by atoms with Crippen molar-refractivity contribution in [1.29, 1.82) is 0 Å². The first-order chi connectivity index (χ1) is 17.1. The summed E-state index contributed by atoms with van der Waals surface area (Å²) in [5.74, 6) is -2.64. The van der Waals surface area contributed by atoms with Crippen LogP contribution in [-0.4, -0.2) is 42.5 Å². The zero-order valence-corrected chi connectivity index (χ0v) is 23.6. The summed E-state index contributed by atoms with van der Waals surface area (Å²) in [6.45, 7) is 13.2. The first kappa shape index (κ1) is 28.0. The normalized spacial score (nSPS) is 44.5. The number of hydrogen-bond acceptors (Lipinski definition) is 7. The highest BCUT2D eigenvalue weighted by Gasteiger charge is 2.71. The van der Waals surface area contributed by atoms with E-state index in [4.69, 9.17) is 9.47 Å². The number of fused-ring (bicyclic) bond motifs is 5. The minimum Gasteiger partial charge on any atom is -0.465 e. The van der Waals surface area contributed by atoms with Crippen molar-refractivity contribution in [3.8, 4) is 0 Å². The average Bonchev–Trinajstić information content (AvgIpc) is 2.78. The predicted molar refractivity (Wildman–Crippen MR) is 136 cm³/mol. The lowest BCUT2D eigenvalue weighted by atomic mass is 9.34. The quantitative estimate of drug-likeness (QED) is 0.384. The minimum absolute atomic E-state index is 0.0100. The maximum absolute atomic E-state index is 14.2. The second-order valence-electron chi connectivity index (χ2n) is 13.6. The lowest BCUT2D eigenvalue weighted by Crippen LogP contribution is -2.69.